The molecule has 0 atom stereocenters. The first-order valence-electron chi connectivity index (χ1n) is 8.92. The van der Waals surface area contributed by atoms with Gasteiger partial charge in [-0.2, -0.15) is 5.10 Å². The van der Waals surface area contributed by atoms with Crippen LogP contribution in [0.1, 0.15) is 37.1 Å². The van der Waals surface area contributed by atoms with E-state index in [0.29, 0.717) is 19.5 Å². The number of hydrogen-bond acceptors (Lipinski definition) is 3. The van der Waals surface area contributed by atoms with E-state index in [1.54, 1.807) is 4.57 Å². The van der Waals surface area contributed by atoms with Crippen molar-refractivity contribution in [2.75, 3.05) is 6.54 Å². The van der Waals surface area contributed by atoms with E-state index in [2.05, 4.69) is 10.4 Å². The number of halogens is 2. The molecule has 140 valence electrons. The zero-order valence-electron chi connectivity index (χ0n) is 14.5. The Bertz CT molecular complexity index is 844. The number of benzene rings is 1. The van der Waals surface area contributed by atoms with Crippen LogP contribution in [0.3, 0.4) is 0 Å². The summed E-state index contributed by atoms with van der Waals surface area (Å²) in [5, 5.41) is 7.07. The molecule has 2 aromatic rings. The minimum atomic E-state index is -0.519. The molecule has 1 amide bonds. The minimum Gasteiger partial charge on any atom is -0.356 e. The highest BCUT2D eigenvalue weighted by molar-refractivity contribution is 5.76. The van der Waals surface area contributed by atoms with Gasteiger partial charge in [-0.05, 0) is 49.4 Å². The van der Waals surface area contributed by atoms with E-state index in [1.807, 2.05) is 0 Å². The predicted octanol–water partition coefficient (Wildman–Crippen LogP) is 1.80. The van der Waals surface area contributed by atoms with Crippen molar-refractivity contribution < 1.29 is 13.6 Å². The van der Waals surface area contributed by atoms with Crippen molar-refractivity contribution in [3.8, 4) is 0 Å². The molecule has 0 saturated carbocycles. The lowest BCUT2D eigenvalue weighted by atomic mass is 10.1. The maximum absolute atomic E-state index is 13.5. The summed E-state index contributed by atoms with van der Waals surface area (Å²) in [6.45, 7) is 1.57. The second-order valence-electron chi connectivity index (χ2n) is 6.47. The summed E-state index contributed by atoms with van der Waals surface area (Å²) in [5.41, 5.74) is 0.0999. The monoisotopic (exact) mass is 364 g/mol. The number of hydrogen-bond donors (Lipinski definition) is 1. The summed E-state index contributed by atoms with van der Waals surface area (Å²) in [5.74, 6) is -0.426. The van der Waals surface area contributed by atoms with E-state index in [0.717, 1.165) is 49.8 Å². The van der Waals surface area contributed by atoms with Crippen molar-refractivity contribution in [3.05, 3.63) is 51.7 Å². The summed E-state index contributed by atoms with van der Waals surface area (Å²) in [7, 11) is 0. The number of nitrogens with one attached hydrogen (secondary N) is 1. The van der Waals surface area contributed by atoms with Crippen molar-refractivity contribution >= 4 is 5.91 Å². The largest absolute Gasteiger partial charge is 0.356 e. The molecule has 0 saturated heterocycles. The first-order valence-corrected chi connectivity index (χ1v) is 8.92. The third-order valence-electron chi connectivity index (χ3n) is 4.53. The van der Waals surface area contributed by atoms with E-state index < -0.39 is 11.6 Å². The molecular weight excluding hydrogens is 342 g/mol. The number of fused-ring (bicyclic) bond motifs is 1. The molecule has 1 aromatic heterocycles. The third kappa shape index (κ3) is 4.36. The average Bonchev–Trinajstić information content (AvgIpc) is 2.96. The van der Waals surface area contributed by atoms with Crippen LogP contribution in [0.2, 0.25) is 0 Å². The zero-order chi connectivity index (χ0) is 18.5. The van der Waals surface area contributed by atoms with Crippen LogP contribution >= 0.6 is 0 Å². The summed E-state index contributed by atoms with van der Waals surface area (Å²) >= 11 is 0. The fraction of sp³-hybridized carbons (Fsp3) is 0.500. The number of carbonyl (C=O) groups is 1. The normalized spacial score (nSPS) is 13.5. The molecule has 26 heavy (non-hydrogen) atoms. The second-order valence-corrected chi connectivity index (χ2v) is 6.47. The van der Waals surface area contributed by atoms with Gasteiger partial charge < -0.3 is 5.32 Å². The molecule has 0 unspecified atom stereocenters. The third-order valence-corrected chi connectivity index (χ3v) is 4.53. The quantitative estimate of drug-likeness (QED) is 0.762. The molecule has 1 aliphatic rings. The van der Waals surface area contributed by atoms with Crippen LogP contribution in [0.4, 0.5) is 8.78 Å². The summed E-state index contributed by atoms with van der Waals surface area (Å²) < 4.78 is 29.8. The Morgan fingerprint density at radius 1 is 1.27 bits per heavy atom. The topological polar surface area (TPSA) is 68.9 Å². The van der Waals surface area contributed by atoms with Gasteiger partial charge in [0.15, 0.2) is 0 Å². The van der Waals surface area contributed by atoms with Gasteiger partial charge in [-0.15, -0.1) is 0 Å². The van der Waals surface area contributed by atoms with Crippen molar-refractivity contribution in [2.24, 2.45) is 0 Å². The van der Waals surface area contributed by atoms with Gasteiger partial charge in [0.05, 0.1) is 0 Å². The van der Waals surface area contributed by atoms with E-state index in [-0.39, 0.29) is 30.0 Å². The Hall–Kier alpha value is -2.51. The number of aromatic nitrogens is 3. The van der Waals surface area contributed by atoms with Crippen molar-refractivity contribution in [3.63, 3.8) is 0 Å². The van der Waals surface area contributed by atoms with Gasteiger partial charge in [0.25, 0.3) is 0 Å². The van der Waals surface area contributed by atoms with Gasteiger partial charge in [-0.1, -0.05) is 0 Å². The van der Waals surface area contributed by atoms with Crippen LogP contribution in [-0.4, -0.2) is 26.8 Å². The van der Waals surface area contributed by atoms with Crippen LogP contribution in [0.5, 0.6) is 0 Å². The van der Waals surface area contributed by atoms with Gasteiger partial charge >= 0.3 is 5.69 Å². The lowest BCUT2D eigenvalue weighted by Gasteiger charge is -2.09. The molecule has 2 heterocycles. The summed E-state index contributed by atoms with van der Waals surface area (Å²) in [6, 6.07) is 3.22. The Labute approximate surface area is 149 Å². The van der Waals surface area contributed by atoms with Crippen LogP contribution < -0.4 is 11.0 Å². The molecule has 0 spiro atoms. The Morgan fingerprint density at radius 2 is 2.12 bits per heavy atom. The molecule has 0 bridgehead atoms. The molecule has 3 rings (SSSR count). The SMILES string of the molecule is O=C(CCc1cc(F)ccc1F)NCCCn1nc2n(c1=O)CCCC2. The molecule has 1 N–H and O–H groups in total. The lowest BCUT2D eigenvalue weighted by Crippen LogP contribution is -2.29. The Balaban J connectivity index is 1.41. The molecule has 0 radical (unpaired) electrons. The molecule has 8 heteroatoms. The zero-order valence-corrected chi connectivity index (χ0v) is 14.5. The van der Waals surface area contributed by atoms with Crippen LogP contribution in [-0.2, 0) is 30.7 Å². The second kappa shape index (κ2) is 8.25. The molecule has 1 aliphatic heterocycles. The van der Waals surface area contributed by atoms with Crippen molar-refractivity contribution in [1.29, 1.82) is 0 Å². The van der Waals surface area contributed by atoms with Gasteiger partial charge in [-0.3, -0.25) is 9.36 Å². The summed E-state index contributed by atoms with van der Waals surface area (Å²) in [4.78, 5) is 24.0. The smallest absolute Gasteiger partial charge is 0.345 e. The molecule has 0 aliphatic carbocycles. The molecule has 1 aromatic carbocycles. The first-order chi connectivity index (χ1) is 12.5. The first kappa shape index (κ1) is 18.3. The maximum atomic E-state index is 13.5. The number of aryl methyl sites for hydroxylation is 3. The van der Waals surface area contributed by atoms with Crippen molar-refractivity contribution in [1.82, 2.24) is 19.7 Å². The Kier molecular flexibility index (Phi) is 5.80. The number of nitrogens with zero attached hydrogens (tertiary/aromatic N) is 3. The number of rotatable bonds is 7. The molecule has 6 nitrogen and oxygen atoms in total. The van der Waals surface area contributed by atoms with Crippen LogP contribution in [0, 0.1) is 11.6 Å². The number of amides is 1. The van der Waals surface area contributed by atoms with Crippen molar-refractivity contribution in [2.45, 2.75) is 51.6 Å². The minimum absolute atomic E-state index is 0.0824. The van der Waals surface area contributed by atoms with Gasteiger partial charge in [-0.25, -0.2) is 18.3 Å². The van der Waals surface area contributed by atoms with Crippen LogP contribution in [0.25, 0.3) is 0 Å². The summed E-state index contributed by atoms with van der Waals surface area (Å²) in [6.07, 6.45) is 3.69. The van der Waals surface area contributed by atoms with Crippen LogP contribution in [0.15, 0.2) is 23.0 Å². The molecular formula is C18H22F2N4O2. The molecule has 0 fully saturated rings. The maximum Gasteiger partial charge on any atom is 0.345 e. The van der Waals surface area contributed by atoms with Gasteiger partial charge in [0, 0.05) is 32.5 Å². The van der Waals surface area contributed by atoms with E-state index >= 15 is 0 Å². The lowest BCUT2D eigenvalue weighted by molar-refractivity contribution is -0.121. The number of carbonyl (C=O) groups excluding carboxylic acids is 1. The highest BCUT2D eigenvalue weighted by atomic mass is 19.1. The fourth-order valence-electron chi connectivity index (χ4n) is 3.12. The average molecular weight is 364 g/mol. The fourth-order valence-corrected chi connectivity index (χ4v) is 3.12. The highest BCUT2D eigenvalue weighted by Gasteiger charge is 2.16. The van der Waals surface area contributed by atoms with Gasteiger partial charge in [0.1, 0.15) is 17.5 Å². The highest BCUT2D eigenvalue weighted by Crippen LogP contribution is 2.12. The van der Waals surface area contributed by atoms with Gasteiger partial charge in [0.2, 0.25) is 5.91 Å². The Morgan fingerprint density at radius 3 is 2.92 bits per heavy atom. The van der Waals surface area contributed by atoms with E-state index in [9.17, 15) is 18.4 Å². The van der Waals surface area contributed by atoms with E-state index in [4.69, 9.17) is 0 Å². The standard InChI is InChI=1S/C18H22F2N4O2/c19-14-6-7-15(20)13(12-14)5-8-17(25)21-9-3-11-24-18(26)23-10-2-1-4-16(23)22-24/h6-7,12H,1-5,8-11H2,(H,21,25). The predicted molar refractivity (Wildman–Crippen MR) is 91.7 cm³/mol. The van der Waals surface area contributed by atoms with E-state index in [1.165, 1.54) is 4.68 Å².